The molecule has 2 heterocycles. The average Bonchev–Trinajstić information content (AvgIpc) is 2.46. The van der Waals surface area contributed by atoms with Crippen molar-refractivity contribution in [2.24, 2.45) is 0 Å². The van der Waals surface area contributed by atoms with Gasteiger partial charge < -0.3 is 4.74 Å². The molecule has 3 rings (SSSR count). The van der Waals surface area contributed by atoms with Crippen LogP contribution in [0.5, 0.6) is 5.75 Å². The molecule has 0 saturated heterocycles. The zero-order valence-electron chi connectivity index (χ0n) is 9.78. The lowest BCUT2D eigenvalue weighted by atomic mass is 10.2. The molecule has 0 fully saturated rings. The number of fused-ring (bicyclic) bond motifs is 1. The fourth-order valence-electron chi connectivity index (χ4n) is 1.83. The van der Waals surface area contributed by atoms with E-state index in [0.29, 0.717) is 6.61 Å². The molecule has 3 nitrogen and oxygen atoms in total. The van der Waals surface area contributed by atoms with E-state index in [1.165, 1.54) is 0 Å². The molecule has 0 aliphatic rings. The molecule has 0 amide bonds. The third kappa shape index (κ3) is 2.15. The normalized spacial score (nSPS) is 10.4. The molecule has 0 aliphatic carbocycles. The topological polar surface area (TPSA) is 35.0 Å². The Hall–Kier alpha value is -2.42. The molecule has 0 saturated carbocycles. The predicted molar refractivity (Wildman–Crippen MR) is 70.3 cm³/mol. The van der Waals surface area contributed by atoms with Crippen LogP contribution in [0.15, 0.2) is 60.9 Å². The van der Waals surface area contributed by atoms with E-state index < -0.39 is 0 Å². The molecule has 0 bridgehead atoms. The van der Waals surface area contributed by atoms with E-state index in [1.54, 1.807) is 12.4 Å². The Bertz CT molecular complexity index is 647. The summed E-state index contributed by atoms with van der Waals surface area (Å²) >= 11 is 0. The SMILES string of the molecule is c1ccc(COc2ccnc3ccccc23)nc1. The van der Waals surface area contributed by atoms with E-state index in [4.69, 9.17) is 4.74 Å². The highest BCUT2D eigenvalue weighted by Crippen LogP contribution is 2.23. The monoisotopic (exact) mass is 236 g/mol. The van der Waals surface area contributed by atoms with Gasteiger partial charge in [0.15, 0.2) is 0 Å². The molecule has 2 aromatic heterocycles. The second kappa shape index (κ2) is 4.84. The van der Waals surface area contributed by atoms with Crippen LogP contribution in [0.1, 0.15) is 5.69 Å². The van der Waals surface area contributed by atoms with Crippen molar-refractivity contribution in [1.29, 1.82) is 0 Å². The van der Waals surface area contributed by atoms with Gasteiger partial charge in [-0.15, -0.1) is 0 Å². The van der Waals surface area contributed by atoms with Gasteiger partial charge in [-0.05, 0) is 30.3 Å². The number of nitrogens with zero attached hydrogens (tertiary/aromatic N) is 2. The van der Waals surface area contributed by atoms with Crippen molar-refractivity contribution in [2.45, 2.75) is 6.61 Å². The van der Waals surface area contributed by atoms with Crippen LogP contribution < -0.4 is 4.74 Å². The van der Waals surface area contributed by atoms with E-state index in [2.05, 4.69) is 9.97 Å². The second-order valence-electron chi connectivity index (χ2n) is 3.94. The van der Waals surface area contributed by atoms with Crippen molar-refractivity contribution >= 4 is 10.9 Å². The average molecular weight is 236 g/mol. The molecular weight excluding hydrogens is 224 g/mol. The number of ether oxygens (including phenoxy) is 1. The quantitative estimate of drug-likeness (QED) is 0.700. The summed E-state index contributed by atoms with van der Waals surface area (Å²) < 4.78 is 5.80. The predicted octanol–water partition coefficient (Wildman–Crippen LogP) is 3.21. The minimum atomic E-state index is 0.467. The van der Waals surface area contributed by atoms with Gasteiger partial charge in [0, 0.05) is 17.8 Å². The third-order valence-electron chi connectivity index (χ3n) is 2.71. The number of para-hydroxylation sites is 1. The summed E-state index contributed by atoms with van der Waals surface area (Å²) in [6.07, 6.45) is 3.53. The standard InChI is InChI=1S/C15H12N2O/c1-2-7-14-13(6-1)15(8-10-17-14)18-11-12-5-3-4-9-16-12/h1-10H,11H2. The third-order valence-corrected chi connectivity index (χ3v) is 2.71. The van der Waals surface area contributed by atoms with Gasteiger partial charge in [-0.1, -0.05) is 18.2 Å². The zero-order valence-corrected chi connectivity index (χ0v) is 9.78. The lowest BCUT2D eigenvalue weighted by molar-refractivity contribution is 0.305. The van der Waals surface area contributed by atoms with E-state index >= 15 is 0 Å². The minimum absolute atomic E-state index is 0.467. The molecule has 3 heteroatoms. The minimum Gasteiger partial charge on any atom is -0.487 e. The van der Waals surface area contributed by atoms with Crippen molar-refractivity contribution in [3.63, 3.8) is 0 Å². The Morgan fingerprint density at radius 3 is 2.61 bits per heavy atom. The van der Waals surface area contributed by atoms with Crippen LogP contribution in [0.4, 0.5) is 0 Å². The molecule has 0 N–H and O–H groups in total. The van der Waals surface area contributed by atoms with Crippen molar-refractivity contribution < 1.29 is 4.74 Å². The highest BCUT2D eigenvalue weighted by molar-refractivity contribution is 5.84. The smallest absolute Gasteiger partial charge is 0.130 e. The maximum absolute atomic E-state index is 5.80. The first-order valence-corrected chi connectivity index (χ1v) is 5.80. The summed E-state index contributed by atoms with van der Waals surface area (Å²) in [7, 11) is 0. The summed E-state index contributed by atoms with van der Waals surface area (Å²) in [5.41, 5.74) is 1.86. The highest BCUT2D eigenvalue weighted by atomic mass is 16.5. The van der Waals surface area contributed by atoms with Gasteiger partial charge in [0.05, 0.1) is 11.2 Å². The second-order valence-corrected chi connectivity index (χ2v) is 3.94. The van der Waals surface area contributed by atoms with Gasteiger partial charge in [0.25, 0.3) is 0 Å². The Balaban J connectivity index is 1.87. The summed E-state index contributed by atoms with van der Waals surface area (Å²) in [5, 5.41) is 1.02. The molecule has 88 valence electrons. The Morgan fingerprint density at radius 2 is 1.72 bits per heavy atom. The van der Waals surface area contributed by atoms with Gasteiger partial charge in [-0.2, -0.15) is 0 Å². The van der Waals surface area contributed by atoms with Crippen LogP contribution in [0.3, 0.4) is 0 Å². The summed E-state index contributed by atoms with van der Waals surface area (Å²) in [6.45, 7) is 0.467. The van der Waals surface area contributed by atoms with Gasteiger partial charge in [-0.3, -0.25) is 9.97 Å². The first kappa shape index (κ1) is 10.7. The molecule has 0 atom stereocenters. The van der Waals surface area contributed by atoms with Crippen molar-refractivity contribution in [3.05, 3.63) is 66.6 Å². The number of aromatic nitrogens is 2. The van der Waals surface area contributed by atoms with Crippen LogP contribution in [-0.4, -0.2) is 9.97 Å². The molecular formula is C15H12N2O. The fraction of sp³-hybridized carbons (Fsp3) is 0.0667. The number of hydrogen-bond acceptors (Lipinski definition) is 3. The lowest BCUT2D eigenvalue weighted by Gasteiger charge is -2.08. The largest absolute Gasteiger partial charge is 0.487 e. The maximum atomic E-state index is 5.80. The summed E-state index contributed by atoms with van der Waals surface area (Å²) in [6, 6.07) is 15.6. The number of benzene rings is 1. The van der Waals surface area contributed by atoms with Gasteiger partial charge in [0.1, 0.15) is 12.4 Å². The van der Waals surface area contributed by atoms with Gasteiger partial charge in [-0.25, -0.2) is 0 Å². The molecule has 0 unspecified atom stereocenters. The molecule has 18 heavy (non-hydrogen) atoms. The van der Waals surface area contributed by atoms with Crippen LogP contribution >= 0.6 is 0 Å². The van der Waals surface area contributed by atoms with E-state index in [1.807, 2.05) is 48.5 Å². The van der Waals surface area contributed by atoms with Crippen molar-refractivity contribution in [3.8, 4) is 5.75 Å². The zero-order chi connectivity index (χ0) is 12.2. The van der Waals surface area contributed by atoms with E-state index in [9.17, 15) is 0 Å². The van der Waals surface area contributed by atoms with Crippen molar-refractivity contribution in [1.82, 2.24) is 9.97 Å². The fourth-order valence-corrected chi connectivity index (χ4v) is 1.83. The first-order chi connectivity index (χ1) is 8.93. The van der Waals surface area contributed by atoms with Crippen LogP contribution in [0.2, 0.25) is 0 Å². The Morgan fingerprint density at radius 1 is 0.833 bits per heavy atom. The Kier molecular flexibility index (Phi) is 2.88. The van der Waals surface area contributed by atoms with Crippen molar-refractivity contribution in [2.75, 3.05) is 0 Å². The van der Waals surface area contributed by atoms with E-state index in [0.717, 1.165) is 22.3 Å². The maximum Gasteiger partial charge on any atom is 0.130 e. The molecule has 1 aromatic carbocycles. The van der Waals surface area contributed by atoms with Crippen LogP contribution in [0, 0.1) is 0 Å². The van der Waals surface area contributed by atoms with Gasteiger partial charge >= 0.3 is 0 Å². The number of rotatable bonds is 3. The lowest BCUT2D eigenvalue weighted by Crippen LogP contribution is -1.98. The summed E-state index contributed by atoms with van der Waals surface area (Å²) in [4.78, 5) is 8.53. The molecule has 0 spiro atoms. The molecule has 3 aromatic rings. The van der Waals surface area contributed by atoms with E-state index in [-0.39, 0.29) is 0 Å². The number of hydrogen-bond donors (Lipinski definition) is 0. The highest BCUT2D eigenvalue weighted by Gasteiger charge is 2.02. The first-order valence-electron chi connectivity index (χ1n) is 5.80. The Labute approximate surface area is 105 Å². The van der Waals surface area contributed by atoms with Crippen LogP contribution in [0.25, 0.3) is 10.9 Å². The summed E-state index contributed by atoms with van der Waals surface area (Å²) in [5.74, 6) is 0.839. The van der Waals surface area contributed by atoms with Gasteiger partial charge in [0.2, 0.25) is 0 Å². The molecule has 0 aliphatic heterocycles. The number of pyridine rings is 2. The molecule has 0 radical (unpaired) electrons. The van der Waals surface area contributed by atoms with Crippen LogP contribution in [-0.2, 0) is 6.61 Å².